The van der Waals surface area contributed by atoms with E-state index in [2.05, 4.69) is 17.2 Å². The van der Waals surface area contributed by atoms with Crippen molar-refractivity contribution in [3.63, 3.8) is 0 Å². The molecule has 8 heteroatoms. The van der Waals surface area contributed by atoms with E-state index in [9.17, 15) is 14.9 Å². The largest absolute Gasteiger partial charge is 0.338 e. The summed E-state index contributed by atoms with van der Waals surface area (Å²) >= 11 is 7.22. The maximum Gasteiger partial charge on any atom is 0.269 e. The summed E-state index contributed by atoms with van der Waals surface area (Å²) in [6, 6.07) is 11.7. The van der Waals surface area contributed by atoms with Gasteiger partial charge in [-0.25, -0.2) is 0 Å². The first-order valence-corrected chi connectivity index (χ1v) is 12.3. The van der Waals surface area contributed by atoms with Gasteiger partial charge in [-0.2, -0.15) is 5.26 Å². The number of likely N-dealkylation sites (tertiary alicyclic amines) is 1. The molecule has 1 fully saturated rings. The minimum absolute atomic E-state index is 0.0112. The maximum atomic E-state index is 13.3. The third-order valence-electron chi connectivity index (χ3n) is 5.99. The SMILES string of the molecule is C=CCn1c(=C(C#N)C(=O)N2CCCC2)sc(=Cc2cc(C)n(-c3ccc(Cl)cc3)c2C)c1=O. The Morgan fingerprint density at radius 2 is 1.91 bits per heavy atom. The van der Waals surface area contributed by atoms with Gasteiger partial charge < -0.3 is 9.47 Å². The number of rotatable bonds is 5. The van der Waals surface area contributed by atoms with Crippen LogP contribution in [0.15, 0.2) is 47.8 Å². The van der Waals surface area contributed by atoms with Gasteiger partial charge >= 0.3 is 0 Å². The molecule has 4 rings (SSSR count). The molecular weight excluding hydrogens is 468 g/mol. The fourth-order valence-electron chi connectivity index (χ4n) is 4.33. The zero-order valence-electron chi connectivity index (χ0n) is 19.2. The van der Waals surface area contributed by atoms with Gasteiger partial charge in [0.05, 0.1) is 4.53 Å². The van der Waals surface area contributed by atoms with E-state index in [1.165, 1.54) is 15.9 Å². The van der Waals surface area contributed by atoms with Crippen molar-refractivity contribution in [1.82, 2.24) is 14.0 Å². The van der Waals surface area contributed by atoms with Gasteiger partial charge in [-0.15, -0.1) is 17.9 Å². The van der Waals surface area contributed by atoms with Gasteiger partial charge in [-0.1, -0.05) is 17.7 Å². The van der Waals surface area contributed by atoms with E-state index in [0.29, 0.717) is 27.3 Å². The molecular formula is C26H25ClN4O2S. The van der Waals surface area contributed by atoms with Crippen molar-refractivity contribution in [3.05, 3.63) is 84.5 Å². The molecule has 0 bridgehead atoms. The maximum absolute atomic E-state index is 13.3. The molecule has 2 aromatic heterocycles. The van der Waals surface area contributed by atoms with Crippen LogP contribution in [-0.4, -0.2) is 33.0 Å². The zero-order chi connectivity index (χ0) is 24.4. The summed E-state index contributed by atoms with van der Waals surface area (Å²) < 4.78 is 4.41. The van der Waals surface area contributed by atoms with Gasteiger partial charge in [0, 0.05) is 41.7 Å². The highest BCUT2D eigenvalue weighted by Crippen LogP contribution is 2.22. The van der Waals surface area contributed by atoms with Crippen LogP contribution in [-0.2, 0) is 11.3 Å². The lowest BCUT2D eigenvalue weighted by Crippen LogP contribution is -2.35. The molecule has 0 saturated carbocycles. The number of benzene rings is 1. The van der Waals surface area contributed by atoms with Gasteiger partial charge in [-0.3, -0.25) is 14.2 Å². The lowest BCUT2D eigenvalue weighted by atomic mass is 10.2. The first kappa shape index (κ1) is 23.8. The first-order chi connectivity index (χ1) is 16.3. The van der Waals surface area contributed by atoms with E-state index in [-0.39, 0.29) is 23.6 Å². The highest BCUT2D eigenvalue weighted by atomic mass is 35.5. The summed E-state index contributed by atoms with van der Waals surface area (Å²) in [5.74, 6) is -0.313. The second-order valence-electron chi connectivity index (χ2n) is 8.24. The molecule has 1 aliphatic heterocycles. The average molecular weight is 493 g/mol. The summed E-state index contributed by atoms with van der Waals surface area (Å²) in [6.45, 7) is 9.24. The van der Waals surface area contributed by atoms with Crippen molar-refractivity contribution in [1.29, 1.82) is 5.26 Å². The molecule has 34 heavy (non-hydrogen) atoms. The third kappa shape index (κ3) is 4.39. The molecule has 0 radical (unpaired) electrons. The van der Waals surface area contributed by atoms with Crippen molar-refractivity contribution < 1.29 is 4.79 Å². The number of carbonyl (C=O) groups excluding carboxylic acids is 1. The number of hydrogen-bond donors (Lipinski definition) is 0. The van der Waals surface area contributed by atoms with Crippen LogP contribution in [0.2, 0.25) is 5.02 Å². The molecule has 0 aliphatic carbocycles. The molecule has 0 unspecified atom stereocenters. The number of nitrogens with zero attached hydrogens (tertiary/aromatic N) is 4. The molecule has 0 N–H and O–H groups in total. The molecule has 1 amide bonds. The van der Waals surface area contributed by atoms with Crippen molar-refractivity contribution in [2.75, 3.05) is 13.1 Å². The Balaban J connectivity index is 1.89. The minimum Gasteiger partial charge on any atom is -0.338 e. The van der Waals surface area contributed by atoms with E-state index in [4.69, 9.17) is 11.6 Å². The number of aromatic nitrogens is 2. The Morgan fingerprint density at radius 1 is 1.24 bits per heavy atom. The highest BCUT2D eigenvalue weighted by molar-refractivity contribution is 7.07. The van der Waals surface area contributed by atoms with E-state index in [1.807, 2.05) is 50.3 Å². The summed E-state index contributed by atoms with van der Waals surface area (Å²) in [6.07, 6.45) is 5.29. The average Bonchev–Trinajstić information content (AvgIpc) is 3.52. The van der Waals surface area contributed by atoms with E-state index >= 15 is 0 Å². The third-order valence-corrected chi connectivity index (χ3v) is 7.38. The summed E-state index contributed by atoms with van der Waals surface area (Å²) in [7, 11) is 0. The lowest BCUT2D eigenvalue weighted by molar-refractivity contribution is -0.123. The molecule has 6 nitrogen and oxygen atoms in total. The topological polar surface area (TPSA) is 71.0 Å². The number of nitriles is 1. The number of carbonyl (C=O) groups is 1. The standard InChI is InChI=1S/C26H25ClN4O2S/c1-4-11-30-25(33)23(34-26(30)22(16-28)24(32)29-12-5-6-13-29)15-19-14-17(2)31(18(19)3)21-9-7-20(27)8-10-21/h4,7-10,14-15H,1,5-6,11-13H2,2-3H3. The Hall–Kier alpha value is -3.34. The van der Waals surface area contributed by atoms with Crippen LogP contribution in [0.5, 0.6) is 0 Å². The molecule has 0 atom stereocenters. The van der Waals surface area contributed by atoms with Crippen molar-refractivity contribution in [2.45, 2.75) is 33.2 Å². The number of amides is 1. The fourth-order valence-corrected chi connectivity index (χ4v) is 5.55. The normalized spacial score (nSPS) is 14.9. The van der Waals surface area contributed by atoms with Crippen LogP contribution in [0.3, 0.4) is 0 Å². The van der Waals surface area contributed by atoms with Crippen molar-refractivity contribution in [3.8, 4) is 11.8 Å². The molecule has 3 heterocycles. The number of allylic oxidation sites excluding steroid dienone is 1. The van der Waals surface area contributed by atoms with Crippen molar-refractivity contribution >= 4 is 40.5 Å². The Labute approximate surface area is 206 Å². The summed E-state index contributed by atoms with van der Waals surface area (Å²) in [4.78, 5) is 28.0. The predicted octanol–water partition coefficient (Wildman–Crippen LogP) is 3.28. The Bertz CT molecular complexity index is 1480. The van der Waals surface area contributed by atoms with Crippen LogP contribution >= 0.6 is 22.9 Å². The molecule has 0 spiro atoms. The molecule has 1 aromatic carbocycles. The molecule has 1 saturated heterocycles. The second kappa shape index (κ2) is 9.88. The van der Waals surface area contributed by atoms with Gasteiger partial charge in [0.1, 0.15) is 10.7 Å². The minimum atomic E-state index is -0.313. The fraction of sp³-hybridized carbons (Fsp3) is 0.269. The van der Waals surface area contributed by atoms with E-state index in [1.54, 1.807) is 11.0 Å². The zero-order valence-corrected chi connectivity index (χ0v) is 20.7. The van der Waals surface area contributed by atoms with Crippen LogP contribution in [0.25, 0.3) is 17.3 Å². The number of aryl methyl sites for hydroxylation is 1. The summed E-state index contributed by atoms with van der Waals surface area (Å²) in [5, 5.41) is 10.5. The van der Waals surface area contributed by atoms with Gasteiger partial charge in [-0.05, 0) is 68.7 Å². The number of hydrogen-bond acceptors (Lipinski definition) is 4. The Morgan fingerprint density at radius 3 is 2.53 bits per heavy atom. The molecule has 1 aliphatic rings. The van der Waals surface area contributed by atoms with Crippen LogP contribution in [0, 0.1) is 25.2 Å². The number of thiazole rings is 1. The summed E-state index contributed by atoms with van der Waals surface area (Å²) in [5.41, 5.74) is 3.64. The Kier molecular flexibility index (Phi) is 6.92. The quantitative estimate of drug-likeness (QED) is 0.513. The molecule has 174 valence electrons. The predicted molar refractivity (Wildman–Crippen MR) is 137 cm³/mol. The van der Waals surface area contributed by atoms with Gasteiger partial charge in [0.25, 0.3) is 11.5 Å². The smallest absolute Gasteiger partial charge is 0.269 e. The van der Waals surface area contributed by atoms with Crippen molar-refractivity contribution in [2.24, 2.45) is 0 Å². The van der Waals surface area contributed by atoms with E-state index in [0.717, 1.165) is 35.5 Å². The van der Waals surface area contributed by atoms with Gasteiger partial charge in [0.2, 0.25) is 0 Å². The second-order valence-corrected chi connectivity index (χ2v) is 9.71. The molecule has 3 aromatic rings. The van der Waals surface area contributed by atoms with Crippen LogP contribution < -0.4 is 14.8 Å². The monoisotopic (exact) mass is 492 g/mol. The lowest BCUT2D eigenvalue weighted by Gasteiger charge is -2.13. The van der Waals surface area contributed by atoms with E-state index < -0.39 is 0 Å². The number of halogens is 1. The van der Waals surface area contributed by atoms with Crippen LogP contribution in [0.4, 0.5) is 0 Å². The first-order valence-electron chi connectivity index (χ1n) is 11.1. The van der Waals surface area contributed by atoms with Crippen LogP contribution in [0.1, 0.15) is 29.8 Å². The highest BCUT2D eigenvalue weighted by Gasteiger charge is 2.24. The van der Waals surface area contributed by atoms with Gasteiger partial charge in [0.15, 0.2) is 5.57 Å².